The van der Waals surface area contributed by atoms with E-state index in [4.69, 9.17) is 9.47 Å². The van der Waals surface area contributed by atoms with Gasteiger partial charge in [0, 0.05) is 13.2 Å². The van der Waals surface area contributed by atoms with Gasteiger partial charge in [-0.15, -0.1) is 5.10 Å². The second kappa shape index (κ2) is 8.53. The normalized spacial score (nSPS) is 16.4. The van der Waals surface area contributed by atoms with Gasteiger partial charge in [-0.1, -0.05) is 17.0 Å². The summed E-state index contributed by atoms with van der Waals surface area (Å²) >= 11 is 1.32. The van der Waals surface area contributed by atoms with E-state index in [-0.39, 0.29) is 17.8 Å². The van der Waals surface area contributed by atoms with Crippen molar-refractivity contribution in [1.82, 2.24) is 30.3 Å². The lowest BCUT2D eigenvalue weighted by molar-refractivity contribution is -0.119. The lowest BCUT2D eigenvalue weighted by Gasteiger charge is -2.10. The van der Waals surface area contributed by atoms with Crippen LogP contribution >= 0.6 is 11.8 Å². The molecular weight excluding hydrogens is 380 g/mol. The van der Waals surface area contributed by atoms with Crippen LogP contribution in [0.5, 0.6) is 5.75 Å². The molecule has 2 aromatic heterocycles. The first kappa shape index (κ1) is 18.6. The zero-order chi connectivity index (χ0) is 19.3. The van der Waals surface area contributed by atoms with Crippen molar-refractivity contribution in [2.75, 3.05) is 26.0 Å². The summed E-state index contributed by atoms with van der Waals surface area (Å²) in [5.41, 5.74) is 1.96. The second-order valence-electron chi connectivity index (χ2n) is 6.28. The van der Waals surface area contributed by atoms with Gasteiger partial charge in [-0.3, -0.25) is 4.79 Å². The molecule has 1 fully saturated rings. The predicted molar refractivity (Wildman–Crippen MR) is 104 cm³/mol. The van der Waals surface area contributed by atoms with Crippen LogP contribution in [0.25, 0.3) is 16.9 Å². The molecular formula is C18H20N6O3S. The van der Waals surface area contributed by atoms with Crippen molar-refractivity contribution in [3.8, 4) is 11.4 Å². The van der Waals surface area contributed by atoms with Crippen molar-refractivity contribution < 1.29 is 14.3 Å². The van der Waals surface area contributed by atoms with Gasteiger partial charge in [0.1, 0.15) is 17.1 Å². The minimum atomic E-state index is -0.0604. The first-order chi connectivity index (χ1) is 13.7. The highest BCUT2D eigenvalue weighted by molar-refractivity contribution is 8.00. The Bertz CT molecular complexity index is 956. The number of thioether (sulfide) groups is 1. The summed E-state index contributed by atoms with van der Waals surface area (Å²) in [7, 11) is 1.62. The van der Waals surface area contributed by atoms with E-state index in [1.54, 1.807) is 11.8 Å². The molecule has 3 heterocycles. The summed E-state index contributed by atoms with van der Waals surface area (Å²) < 4.78 is 12.3. The fourth-order valence-corrected chi connectivity index (χ4v) is 3.71. The Morgan fingerprint density at radius 2 is 2.21 bits per heavy atom. The molecule has 9 nitrogen and oxygen atoms in total. The number of aromatic nitrogens is 5. The number of hydrogen-bond acceptors (Lipinski definition) is 8. The van der Waals surface area contributed by atoms with E-state index in [9.17, 15) is 4.79 Å². The number of carbonyl (C=O) groups is 1. The van der Waals surface area contributed by atoms with Gasteiger partial charge in [0.15, 0.2) is 11.2 Å². The molecule has 0 aliphatic carbocycles. The molecule has 0 bridgehead atoms. The van der Waals surface area contributed by atoms with Crippen LogP contribution in [0.2, 0.25) is 0 Å². The molecule has 146 valence electrons. The Kier molecular flexibility index (Phi) is 5.68. The first-order valence-electron chi connectivity index (χ1n) is 8.96. The summed E-state index contributed by atoms with van der Waals surface area (Å²) in [4.78, 5) is 20.7. The van der Waals surface area contributed by atoms with E-state index in [0.717, 1.165) is 30.9 Å². The number of carbonyl (C=O) groups excluding carboxylic acids is 1. The third-order valence-corrected chi connectivity index (χ3v) is 5.39. The van der Waals surface area contributed by atoms with E-state index >= 15 is 0 Å². The van der Waals surface area contributed by atoms with Gasteiger partial charge >= 0.3 is 0 Å². The molecule has 1 amide bonds. The lowest BCUT2D eigenvalue weighted by atomic mass is 10.2. The van der Waals surface area contributed by atoms with Gasteiger partial charge in [0.05, 0.1) is 24.7 Å². The molecule has 1 N–H and O–H groups in total. The average Bonchev–Trinajstić information content (AvgIpc) is 3.41. The molecule has 0 radical (unpaired) electrons. The van der Waals surface area contributed by atoms with Crippen LogP contribution in [0, 0.1) is 0 Å². The number of rotatable bonds is 7. The van der Waals surface area contributed by atoms with Crippen molar-refractivity contribution in [2.45, 2.75) is 24.0 Å². The average molecular weight is 400 g/mol. The van der Waals surface area contributed by atoms with Gasteiger partial charge in [0.25, 0.3) is 0 Å². The lowest BCUT2D eigenvalue weighted by Crippen LogP contribution is -2.32. The smallest absolute Gasteiger partial charge is 0.230 e. The Hall–Kier alpha value is -2.72. The summed E-state index contributed by atoms with van der Waals surface area (Å²) in [6, 6.07) is 7.44. The molecule has 28 heavy (non-hydrogen) atoms. The Morgan fingerprint density at radius 1 is 1.36 bits per heavy atom. The minimum absolute atomic E-state index is 0.0604. The van der Waals surface area contributed by atoms with Gasteiger partial charge in [-0.25, -0.2) is 9.97 Å². The van der Waals surface area contributed by atoms with E-state index < -0.39 is 0 Å². The van der Waals surface area contributed by atoms with E-state index in [2.05, 4.69) is 25.6 Å². The predicted octanol–water partition coefficient (Wildman–Crippen LogP) is 1.61. The number of hydrogen-bond donors (Lipinski definition) is 1. The molecule has 1 aliphatic rings. The van der Waals surface area contributed by atoms with Crippen molar-refractivity contribution in [3.05, 3.63) is 30.6 Å². The molecule has 1 saturated heterocycles. The van der Waals surface area contributed by atoms with Crippen LogP contribution in [0.4, 0.5) is 0 Å². The maximum absolute atomic E-state index is 12.1. The quantitative estimate of drug-likeness (QED) is 0.471. The number of amides is 1. The van der Waals surface area contributed by atoms with E-state index in [1.165, 1.54) is 18.1 Å². The molecule has 0 saturated carbocycles. The third kappa shape index (κ3) is 4.07. The molecule has 3 aromatic rings. The summed E-state index contributed by atoms with van der Waals surface area (Å²) in [6.07, 6.45) is 3.63. The number of nitrogens with one attached hydrogen (secondary N) is 1. The Morgan fingerprint density at radius 3 is 2.96 bits per heavy atom. The van der Waals surface area contributed by atoms with E-state index in [0.29, 0.717) is 22.7 Å². The molecule has 1 aliphatic heterocycles. The van der Waals surface area contributed by atoms with Crippen LogP contribution in [-0.2, 0) is 9.53 Å². The van der Waals surface area contributed by atoms with Crippen molar-refractivity contribution >= 4 is 28.8 Å². The zero-order valence-electron chi connectivity index (χ0n) is 15.4. The number of nitrogens with zero attached hydrogens (tertiary/aromatic N) is 5. The second-order valence-corrected chi connectivity index (χ2v) is 7.24. The minimum Gasteiger partial charge on any atom is -0.497 e. The number of benzene rings is 1. The number of ether oxygens (including phenoxy) is 2. The molecule has 0 spiro atoms. The van der Waals surface area contributed by atoms with Crippen LogP contribution in [0.1, 0.15) is 12.8 Å². The highest BCUT2D eigenvalue weighted by atomic mass is 32.2. The van der Waals surface area contributed by atoms with Crippen molar-refractivity contribution in [3.63, 3.8) is 0 Å². The molecule has 1 aromatic carbocycles. The number of methoxy groups -OCH3 is 1. The largest absolute Gasteiger partial charge is 0.497 e. The molecule has 4 rings (SSSR count). The van der Waals surface area contributed by atoms with Crippen molar-refractivity contribution in [1.29, 1.82) is 0 Å². The highest BCUT2D eigenvalue weighted by Gasteiger charge is 2.17. The Labute approximate surface area is 165 Å². The van der Waals surface area contributed by atoms with Gasteiger partial charge in [-0.2, -0.15) is 4.68 Å². The number of fused-ring (bicyclic) bond motifs is 1. The first-order valence-corrected chi connectivity index (χ1v) is 9.95. The maximum atomic E-state index is 12.1. The monoisotopic (exact) mass is 400 g/mol. The fourth-order valence-electron chi connectivity index (χ4n) is 2.95. The standard InChI is InChI=1S/C18H20N6O3S/c1-26-13-6-4-12(5-7-13)24-17-16(22-23-24)18(21-11-20-17)28-10-15(25)19-9-14-3-2-8-27-14/h4-7,11,14H,2-3,8-10H2,1H3,(H,19,25)/t14-/m0/s1. The molecule has 10 heteroatoms. The highest BCUT2D eigenvalue weighted by Crippen LogP contribution is 2.24. The molecule has 1 atom stereocenters. The topological polar surface area (TPSA) is 104 Å². The van der Waals surface area contributed by atoms with E-state index in [1.807, 2.05) is 24.3 Å². The van der Waals surface area contributed by atoms with Crippen LogP contribution in [0.15, 0.2) is 35.6 Å². The summed E-state index contributed by atoms with van der Waals surface area (Å²) in [5, 5.41) is 11.9. The fraction of sp³-hybridized carbons (Fsp3) is 0.389. The maximum Gasteiger partial charge on any atom is 0.230 e. The molecule has 0 unspecified atom stereocenters. The zero-order valence-corrected chi connectivity index (χ0v) is 16.2. The van der Waals surface area contributed by atoms with Crippen LogP contribution in [0.3, 0.4) is 0 Å². The Balaban J connectivity index is 1.44. The van der Waals surface area contributed by atoms with Crippen LogP contribution < -0.4 is 10.1 Å². The SMILES string of the molecule is COc1ccc(-n2nnc3c(SCC(=O)NC[C@@H]4CCCO4)ncnc32)cc1. The van der Waals surface area contributed by atoms with Crippen LogP contribution in [-0.4, -0.2) is 63.0 Å². The summed E-state index contributed by atoms with van der Waals surface area (Å²) in [6.45, 7) is 1.32. The third-order valence-electron chi connectivity index (χ3n) is 4.41. The van der Waals surface area contributed by atoms with Crippen molar-refractivity contribution in [2.24, 2.45) is 0 Å². The summed E-state index contributed by atoms with van der Waals surface area (Å²) in [5.74, 6) is 0.941. The van der Waals surface area contributed by atoms with Gasteiger partial charge in [-0.05, 0) is 37.1 Å². The van der Waals surface area contributed by atoms with Gasteiger partial charge in [0.2, 0.25) is 5.91 Å². The van der Waals surface area contributed by atoms with Gasteiger partial charge < -0.3 is 14.8 Å².